The second-order valence-electron chi connectivity index (χ2n) is 9.32. The van der Waals surface area contributed by atoms with E-state index in [4.69, 9.17) is 18.9 Å². The van der Waals surface area contributed by atoms with Crippen LogP contribution in [0.15, 0.2) is 63.5 Å². The van der Waals surface area contributed by atoms with E-state index in [2.05, 4.69) is 4.99 Å². The molecule has 218 valence electrons. The molecule has 0 N–H and O–H groups in total. The van der Waals surface area contributed by atoms with Crippen LogP contribution in [-0.2, 0) is 23.9 Å². The highest BCUT2D eigenvalue weighted by atomic mass is 32.1. The Labute approximate surface area is 244 Å². The van der Waals surface area contributed by atoms with Gasteiger partial charge in [0.15, 0.2) is 4.80 Å². The highest BCUT2D eigenvalue weighted by Crippen LogP contribution is 2.38. The highest BCUT2D eigenvalue weighted by molar-refractivity contribution is 7.07. The number of hydrogen-bond donors (Lipinski definition) is 0. The van der Waals surface area contributed by atoms with E-state index < -0.39 is 29.4 Å². The summed E-state index contributed by atoms with van der Waals surface area (Å²) in [6, 6.07) is 11.1. The summed E-state index contributed by atoms with van der Waals surface area (Å²) in [5, 5.41) is 0. The Bertz CT molecular complexity index is 1820. The monoisotopic (exact) mass is 591 g/mol. The fraction of sp³-hybridized carbons (Fsp3) is 0.300. The predicted molar refractivity (Wildman–Crippen MR) is 154 cm³/mol. The van der Waals surface area contributed by atoms with Gasteiger partial charge in [0.05, 0.1) is 50.0 Å². The van der Waals surface area contributed by atoms with Gasteiger partial charge in [-0.2, -0.15) is 0 Å². The van der Waals surface area contributed by atoms with Gasteiger partial charge < -0.3 is 18.9 Å². The molecular weight excluding hydrogens is 562 g/mol. The molecule has 0 bridgehead atoms. The fourth-order valence-electron chi connectivity index (χ4n) is 5.17. The Morgan fingerprint density at radius 2 is 1.74 bits per heavy atom. The molecule has 2 aliphatic heterocycles. The van der Waals surface area contributed by atoms with Crippen LogP contribution >= 0.6 is 11.3 Å². The van der Waals surface area contributed by atoms with Crippen LogP contribution in [0.1, 0.15) is 37.9 Å². The standard InChI is InChI=1S/C30H29N3O8S/c1-6-40-22(34)15-32-20-11-9-8-10-18(20)24(27(32)35)26-28(36)33-25(19-13-12-17(38-4)14-21(19)39-5)23(29(37)41-7-2)16(3)31-30(33)42-26/h8-14,25H,6-7,15H2,1-5H3/b26-24+/t25-/m1/s1. The van der Waals surface area contributed by atoms with Crippen molar-refractivity contribution < 1.29 is 33.3 Å². The SMILES string of the molecule is CCOC(=O)CN1C(=O)/C(=c2/sc3n(c2=O)[C@H](c2ccc(OC)cc2OC)C(C(=O)OCC)=C(C)N=3)c2ccccc21. The van der Waals surface area contributed by atoms with Crippen molar-refractivity contribution in [2.24, 2.45) is 4.99 Å². The summed E-state index contributed by atoms with van der Waals surface area (Å²) in [4.78, 5) is 60.0. The van der Waals surface area contributed by atoms with Gasteiger partial charge >= 0.3 is 11.9 Å². The van der Waals surface area contributed by atoms with Crippen LogP contribution in [0.3, 0.4) is 0 Å². The van der Waals surface area contributed by atoms with E-state index in [1.807, 2.05) is 0 Å². The summed E-state index contributed by atoms with van der Waals surface area (Å²) in [5.74, 6) is -0.781. The number of allylic oxidation sites excluding steroid dienone is 1. The first kappa shape index (κ1) is 28.8. The number of hydrogen-bond acceptors (Lipinski definition) is 10. The van der Waals surface area contributed by atoms with Crippen LogP contribution in [0.5, 0.6) is 11.5 Å². The van der Waals surface area contributed by atoms with Gasteiger partial charge in [-0.15, -0.1) is 0 Å². The second-order valence-corrected chi connectivity index (χ2v) is 10.3. The van der Waals surface area contributed by atoms with Gasteiger partial charge in [0.25, 0.3) is 11.5 Å². The number of thiazole rings is 1. The maximum atomic E-state index is 14.3. The number of carbonyl (C=O) groups excluding carboxylic acids is 3. The number of aromatic nitrogens is 1. The molecule has 42 heavy (non-hydrogen) atoms. The molecule has 2 aliphatic rings. The third-order valence-electron chi connectivity index (χ3n) is 6.97. The summed E-state index contributed by atoms with van der Waals surface area (Å²) in [7, 11) is 3.01. The van der Waals surface area contributed by atoms with Crippen molar-refractivity contribution >= 4 is 40.4 Å². The van der Waals surface area contributed by atoms with Gasteiger partial charge in [0.2, 0.25) is 0 Å². The summed E-state index contributed by atoms with van der Waals surface area (Å²) in [5.41, 5.74) is 1.69. The van der Waals surface area contributed by atoms with Gasteiger partial charge in [0, 0.05) is 17.2 Å². The third-order valence-corrected chi connectivity index (χ3v) is 8.02. The number of fused-ring (bicyclic) bond motifs is 2. The van der Waals surface area contributed by atoms with Gasteiger partial charge in [-0.05, 0) is 39.0 Å². The van der Waals surface area contributed by atoms with Crippen molar-refractivity contribution in [1.29, 1.82) is 0 Å². The smallest absolute Gasteiger partial charge is 0.338 e. The van der Waals surface area contributed by atoms with E-state index in [1.165, 1.54) is 23.7 Å². The molecule has 3 aromatic rings. The molecule has 5 rings (SSSR count). The maximum Gasteiger partial charge on any atom is 0.338 e. The molecule has 1 amide bonds. The second kappa shape index (κ2) is 11.6. The maximum absolute atomic E-state index is 14.3. The molecule has 3 heterocycles. The van der Waals surface area contributed by atoms with Crippen LogP contribution in [0, 0.1) is 0 Å². The van der Waals surface area contributed by atoms with E-state index in [1.54, 1.807) is 63.2 Å². The van der Waals surface area contributed by atoms with E-state index in [9.17, 15) is 19.2 Å². The third kappa shape index (κ3) is 4.77. The number of para-hydroxylation sites is 1. The van der Waals surface area contributed by atoms with E-state index >= 15 is 0 Å². The lowest BCUT2D eigenvalue weighted by Gasteiger charge is -2.26. The van der Waals surface area contributed by atoms with Crippen LogP contribution < -0.4 is 29.3 Å². The summed E-state index contributed by atoms with van der Waals surface area (Å²) in [6.07, 6.45) is 0. The van der Waals surface area contributed by atoms with Crippen molar-refractivity contribution in [3.05, 3.63) is 84.5 Å². The lowest BCUT2D eigenvalue weighted by atomic mass is 9.95. The zero-order valence-corrected chi connectivity index (χ0v) is 24.6. The van der Waals surface area contributed by atoms with E-state index in [-0.39, 0.29) is 35.4 Å². The lowest BCUT2D eigenvalue weighted by Crippen LogP contribution is -2.41. The molecule has 0 unspecified atom stereocenters. The number of nitrogens with zero attached hydrogens (tertiary/aromatic N) is 3. The van der Waals surface area contributed by atoms with Gasteiger partial charge in [-0.3, -0.25) is 23.9 Å². The van der Waals surface area contributed by atoms with Crippen LogP contribution in [-0.4, -0.2) is 56.4 Å². The Hall–Kier alpha value is -4.71. The average Bonchev–Trinajstić information content (AvgIpc) is 3.44. The fourth-order valence-corrected chi connectivity index (χ4v) is 6.31. The largest absolute Gasteiger partial charge is 0.497 e. The highest BCUT2D eigenvalue weighted by Gasteiger charge is 2.39. The molecular formula is C30H29N3O8S. The number of methoxy groups -OCH3 is 2. The van der Waals surface area contributed by atoms with Crippen molar-refractivity contribution in [1.82, 2.24) is 4.57 Å². The number of anilines is 1. The van der Waals surface area contributed by atoms with Gasteiger partial charge in [-0.1, -0.05) is 29.5 Å². The summed E-state index contributed by atoms with van der Waals surface area (Å²) >= 11 is 1.04. The van der Waals surface area contributed by atoms with Crippen LogP contribution in [0.2, 0.25) is 0 Å². The lowest BCUT2D eigenvalue weighted by molar-refractivity contribution is -0.142. The number of amides is 1. The minimum absolute atomic E-state index is 0.123. The van der Waals surface area contributed by atoms with Crippen molar-refractivity contribution in [2.75, 3.05) is 38.9 Å². The number of ether oxygens (including phenoxy) is 4. The molecule has 0 spiro atoms. The number of carbonyl (C=O) groups is 3. The first-order valence-corrected chi connectivity index (χ1v) is 14.1. The molecule has 0 fully saturated rings. The van der Waals surface area contributed by atoms with E-state index in [0.29, 0.717) is 38.8 Å². The summed E-state index contributed by atoms with van der Waals surface area (Å²) < 4.78 is 23.0. The molecule has 0 radical (unpaired) electrons. The van der Waals surface area contributed by atoms with Crippen molar-refractivity contribution in [3.8, 4) is 11.5 Å². The van der Waals surface area contributed by atoms with E-state index in [0.717, 1.165) is 11.3 Å². The predicted octanol–water partition coefficient (Wildman–Crippen LogP) is 2.10. The zero-order valence-electron chi connectivity index (χ0n) is 23.8. The first-order valence-electron chi connectivity index (χ1n) is 13.3. The molecule has 0 saturated carbocycles. The number of esters is 2. The molecule has 0 saturated heterocycles. The first-order chi connectivity index (χ1) is 20.2. The molecule has 11 nitrogen and oxygen atoms in total. The summed E-state index contributed by atoms with van der Waals surface area (Å²) in [6.45, 7) is 5.04. The minimum atomic E-state index is -0.960. The molecule has 1 atom stereocenters. The normalized spacial score (nSPS) is 16.9. The Balaban J connectivity index is 1.78. The Morgan fingerprint density at radius 1 is 1.00 bits per heavy atom. The zero-order chi connectivity index (χ0) is 30.1. The molecule has 12 heteroatoms. The van der Waals surface area contributed by atoms with Crippen molar-refractivity contribution in [2.45, 2.75) is 26.8 Å². The molecule has 0 aliphatic carbocycles. The molecule has 1 aromatic heterocycles. The topological polar surface area (TPSA) is 126 Å². The Kier molecular flexibility index (Phi) is 7.99. The van der Waals surface area contributed by atoms with Crippen molar-refractivity contribution in [3.63, 3.8) is 0 Å². The molecule has 2 aromatic carbocycles. The van der Waals surface area contributed by atoms with Gasteiger partial charge in [-0.25, -0.2) is 9.79 Å². The van der Waals surface area contributed by atoms with Crippen LogP contribution in [0.4, 0.5) is 5.69 Å². The van der Waals surface area contributed by atoms with Gasteiger partial charge in [0.1, 0.15) is 28.6 Å². The van der Waals surface area contributed by atoms with Crippen LogP contribution in [0.25, 0.3) is 5.57 Å². The quantitative estimate of drug-likeness (QED) is 0.365. The number of rotatable bonds is 8. The number of benzene rings is 2. The Morgan fingerprint density at radius 3 is 2.43 bits per heavy atom. The minimum Gasteiger partial charge on any atom is -0.497 e. The average molecular weight is 592 g/mol.